The predicted molar refractivity (Wildman–Crippen MR) is 51.3 cm³/mol. The lowest BCUT2D eigenvalue weighted by atomic mass is 10.2. The minimum atomic E-state index is -0.837. The highest BCUT2D eigenvalue weighted by Crippen LogP contribution is 2.13. The quantitative estimate of drug-likeness (QED) is 0.742. The average molecular weight is 211 g/mol. The van der Waals surface area contributed by atoms with Gasteiger partial charge in [0.2, 0.25) is 0 Å². The van der Waals surface area contributed by atoms with E-state index in [2.05, 4.69) is 0 Å². The SMILES string of the molecule is O=C1CCN(Cc2ccc(F)c(F)c2)C1. The lowest BCUT2D eigenvalue weighted by Gasteiger charge is -2.13. The van der Waals surface area contributed by atoms with E-state index >= 15 is 0 Å². The van der Waals surface area contributed by atoms with Crippen LogP contribution in [0.25, 0.3) is 0 Å². The van der Waals surface area contributed by atoms with Crippen LogP contribution in [0, 0.1) is 11.6 Å². The maximum Gasteiger partial charge on any atom is 0.159 e. The largest absolute Gasteiger partial charge is 0.298 e. The molecule has 0 aromatic heterocycles. The van der Waals surface area contributed by atoms with E-state index in [1.807, 2.05) is 4.90 Å². The molecule has 0 N–H and O–H groups in total. The number of Topliss-reactive ketones (excluding diaryl/α,β-unsaturated/α-hetero) is 1. The van der Waals surface area contributed by atoms with Gasteiger partial charge in [-0.05, 0) is 17.7 Å². The fourth-order valence-corrected chi connectivity index (χ4v) is 1.72. The number of halogens is 2. The van der Waals surface area contributed by atoms with Gasteiger partial charge in [0.15, 0.2) is 11.6 Å². The molecule has 2 rings (SSSR count). The van der Waals surface area contributed by atoms with Crippen LogP contribution in [0.4, 0.5) is 8.78 Å². The monoisotopic (exact) mass is 211 g/mol. The van der Waals surface area contributed by atoms with Crippen molar-refractivity contribution in [2.45, 2.75) is 13.0 Å². The normalized spacial score (nSPS) is 17.3. The number of likely N-dealkylation sites (tertiary alicyclic amines) is 1. The summed E-state index contributed by atoms with van der Waals surface area (Å²) in [5.74, 6) is -1.47. The van der Waals surface area contributed by atoms with E-state index < -0.39 is 11.6 Å². The van der Waals surface area contributed by atoms with Crippen LogP contribution in [0.3, 0.4) is 0 Å². The van der Waals surface area contributed by atoms with Crippen LogP contribution >= 0.6 is 0 Å². The number of hydrogen-bond acceptors (Lipinski definition) is 2. The molecule has 0 aliphatic carbocycles. The van der Waals surface area contributed by atoms with E-state index in [0.717, 1.165) is 6.07 Å². The van der Waals surface area contributed by atoms with Crippen molar-refractivity contribution in [2.24, 2.45) is 0 Å². The molecule has 1 fully saturated rings. The molecule has 0 unspecified atom stereocenters. The van der Waals surface area contributed by atoms with E-state index in [4.69, 9.17) is 0 Å². The Hall–Kier alpha value is -1.29. The third-order valence-electron chi connectivity index (χ3n) is 2.50. The molecule has 80 valence electrons. The lowest BCUT2D eigenvalue weighted by Crippen LogP contribution is -2.20. The first-order valence-electron chi connectivity index (χ1n) is 4.83. The molecule has 0 bridgehead atoms. The minimum absolute atomic E-state index is 0.206. The molecular formula is C11H11F2NO. The molecule has 0 saturated carbocycles. The second-order valence-corrected chi connectivity index (χ2v) is 3.75. The molecule has 4 heteroatoms. The van der Waals surface area contributed by atoms with Crippen molar-refractivity contribution in [3.05, 3.63) is 35.4 Å². The van der Waals surface area contributed by atoms with Crippen LogP contribution in [0.15, 0.2) is 18.2 Å². The molecule has 0 spiro atoms. The van der Waals surface area contributed by atoms with Gasteiger partial charge in [-0.2, -0.15) is 0 Å². The summed E-state index contributed by atoms with van der Waals surface area (Å²) in [6, 6.07) is 3.84. The van der Waals surface area contributed by atoms with Crippen LogP contribution in [-0.2, 0) is 11.3 Å². The summed E-state index contributed by atoms with van der Waals surface area (Å²) < 4.78 is 25.5. The highest BCUT2D eigenvalue weighted by atomic mass is 19.2. The van der Waals surface area contributed by atoms with Crippen molar-refractivity contribution in [1.82, 2.24) is 4.90 Å². The van der Waals surface area contributed by atoms with Gasteiger partial charge in [0.05, 0.1) is 6.54 Å². The van der Waals surface area contributed by atoms with E-state index in [-0.39, 0.29) is 5.78 Å². The third kappa shape index (κ3) is 2.39. The summed E-state index contributed by atoms with van der Waals surface area (Å²) >= 11 is 0. The van der Waals surface area contributed by atoms with Crippen molar-refractivity contribution in [3.8, 4) is 0 Å². The minimum Gasteiger partial charge on any atom is -0.298 e. The average Bonchev–Trinajstić information content (AvgIpc) is 2.58. The Morgan fingerprint density at radius 2 is 2.07 bits per heavy atom. The van der Waals surface area contributed by atoms with E-state index in [9.17, 15) is 13.6 Å². The van der Waals surface area contributed by atoms with Crippen molar-refractivity contribution in [3.63, 3.8) is 0 Å². The molecule has 1 heterocycles. The summed E-state index contributed by atoms with van der Waals surface area (Å²) in [4.78, 5) is 12.9. The van der Waals surface area contributed by atoms with Crippen LogP contribution in [-0.4, -0.2) is 23.8 Å². The Kier molecular flexibility index (Phi) is 2.77. The molecular weight excluding hydrogens is 200 g/mol. The summed E-state index contributed by atoms with van der Waals surface area (Å²) in [5, 5.41) is 0. The highest BCUT2D eigenvalue weighted by molar-refractivity contribution is 5.82. The number of ketones is 1. The van der Waals surface area contributed by atoms with E-state index in [1.54, 1.807) is 6.07 Å². The fourth-order valence-electron chi connectivity index (χ4n) is 1.72. The molecule has 1 aromatic rings. The Labute approximate surface area is 86.5 Å². The predicted octanol–water partition coefficient (Wildman–Crippen LogP) is 1.74. The number of rotatable bonds is 2. The lowest BCUT2D eigenvalue weighted by molar-refractivity contribution is -0.116. The molecule has 1 aromatic carbocycles. The first-order valence-corrected chi connectivity index (χ1v) is 4.83. The summed E-state index contributed by atoms with van der Waals surface area (Å²) in [6.45, 7) is 1.62. The first kappa shape index (κ1) is 10.2. The van der Waals surface area contributed by atoms with E-state index in [1.165, 1.54) is 6.07 Å². The van der Waals surface area contributed by atoms with Crippen molar-refractivity contribution < 1.29 is 13.6 Å². The number of hydrogen-bond donors (Lipinski definition) is 0. The van der Waals surface area contributed by atoms with Gasteiger partial charge < -0.3 is 0 Å². The van der Waals surface area contributed by atoms with E-state index in [0.29, 0.717) is 31.6 Å². The molecule has 15 heavy (non-hydrogen) atoms. The molecule has 1 aliphatic heterocycles. The van der Waals surface area contributed by atoms with Crippen LogP contribution in [0.1, 0.15) is 12.0 Å². The topological polar surface area (TPSA) is 20.3 Å². The van der Waals surface area contributed by atoms with Gasteiger partial charge in [0.1, 0.15) is 5.78 Å². The number of benzene rings is 1. The molecule has 0 atom stereocenters. The van der Waals surface area contributed by atoms with Gasteiger partial charge in [0.25, 0.3) is 0 Å². The summed E-state index contributed by atoms with van der Waals surface area (Å²) in [6.07, 6.45) is 0.559. The molecule has 1 aliphatic rings. The van der Waals surface area contributed by atoms with Gasteiger partial charge in [-0.25, -0.2) is 8.78 Å². The Morgan fingerprint density at radius 1 is 1.27 bits per heavy atom. The summed E-state index contributed by atoms with van der Waals surface area (Å²) in [7, 11) is 0. The maximum atomic E-state index is 12.9. The van der Waals surface area contributed by atoms with Gasteiger partial charge in [-0.15, -0.1) is 0 Å². The zero-order chi connectivity index (χ0) is 10.8. The molecule has 2 nitrogen and oxygen atoms in total. The van der Waals surface area contributed by atoms with Gasteiger partial charge >= 0.3 is 0 Å². The van der Waals surface area contributed by atoms with Gasteiger partial charge in [0, 0.05) is 19.5 Å². The standard InChI is InChI=1S/C11H11F2NO/c12-10-2-1-8(5-11(10)13)6-14-4-3-9(15)7-14/h1-2,5H,3-4,6-7H2. The second kappa shape index (κ2) is 4.06. The zero-order valence-corrected chi connectivity index (χ0v) is 8.17. The van der Waals surface area contributed by atoms with Crippen molar-refractivity contribution >= 4 is 5.78 Å². The zero-order valence-electron chi connectivity index (χ0n) is 8.17. The van der Waals surface area contributed by atoms with Gasteiger partial charge in [-0.1, -0.05) is 6.07 Å². The smallest absolute Gasteiger partial charge is 0.159 e. The van der Waals surface area contributed by atoms with Crippen LogP contribution < -0.4 is 0 Å². The van der Waals surface area contributed by atoms with Crippen molar-refractivity contribution in [1.29, 1.82) is 0 Å². The summed E-state index contributed by atoms with van der Waals surface area (Å²) in [5.41, 5.74) is 0.698. The number of nitrogens with zero attached hydrogens (tertiary/aromatic N) is 1. The molecule has 0 amide bonds. The third-order valence-corrected chi connectivity index (χ3v) is 2.50. The highest BCUT2D eigenvalue weighted by Gasteiger charge is 2.19. The molecule has 1 saturated heterocycles. The Balaban J connectivity index is 2.05. The fraction of sp³-hybridized carbons (Fsp3) is 0.364. The Bertz CT molecular complexity index is 392. The Morgan fingerprint density at radius 3 is 2.67 bits per heavy atom. The first-order chi connectivity index (χ1) is 7.15. The second-order valence-electron chi connectivity index (χ2n) is 3.75. The van der Waals surface area contributed by atoms with Crippen molar-refractivity contribution in [2.75, 3.05) is 13.1 Å². The number of carbonyl (C=O) groups is 1. The number of carbonyl (C=O) groups excluding carboxylic acids is 1. The van der Waals surface area contributed by atoms with Crippen LogP contribution in [0.2, 0.25) is 0 Å². The van der Waals surface area contributed by atoms with Crippen LogP contribution in [0.5, 0.6) is 0 Å². The maximum absolute atomic E-state index is 12.9. The molecule has 0 radical (unpaired) electrons. The van der Waals surface area contributed by atoms with Gasteiger partial charge in [-0.3, -0.25) is 9.69 Å².